The summed E-state index contributed by atoms with van der Waals surface area (Å²) in [6, 6.07) is 16.2. The Morgan fingerprint density at radius 1 is 1.00 bits per heavy atom. The van der Waals surface area contributed by atoms with E-state index in [0.717, 1.165) is 24.3 Å². The first-order valence-electron chi connectivity index (χ1n) is 9.13. The standard InChI is InChI=1S/C21H20N4O3/c26-20(21(27)24-16-7-6-14-13-22-25-19(14)12-16)23-15-8-10-18(11-9-15)28-17-4-2-1-3-5-17/h1-5,8-11,13,16H,6-7,12H2,(H,22,25)(H,23,26)(H,24,27)/t16-/m0/s1. The zero-order valence-electron chi connectivity index (χ0n) is 15.1. The smallest absolute Gasteiger partial charge is 0.313 e. The molecule has 4 rings (SSSR count). The van der Waals surface area contributed by atoms with Crippen molar-refractivity contribution < 1.29 is 14.3 Å². The van der Waals surface area contributed by atoms with Crippen molar-refractivity contribution in [2.75, 3.05) is 5.32 Å². The Morgan fingerprint density at radius 3 is 2.54 bits per heavy atom. The number of carbonyl (C=O) groups is 2. The molecule has 7 nitrogen and oxygen atoms in total. The lowest BCUT2D eigenvalue weighted by Crippen LogP contribution is -2.44. The number of rotatable bonds is 4. The predicted octanol–water partition coefficient (Wildman–Crippen LogP) is 2.81. The van der Waals surface area contributed by atoms with Gasteiger partial charge in [0.05, 0.1) is 6.20 Å². The zero-order valence-corrected chi connectivity index (χ0v) is 15.1. The summed E-state index contributed by atoms with van der Waals surface area (Å²) in [5.41, 5.74) is 2.72. The Bertz CT molecular complexity index is 967. The van der Waals surface area contributed by atoms with Crippen molar-refractivity contribution in [3.63, 3.8) is 0 Å². The molecule has 2 amide bonds. The Labute approximate surface area is 162 Å². The molecule has 0 aliphatic heterocycles. The van der Waals surface area contributed by atoms with E-state index in [1.54, 1.807) is 24.3 Å². The number of nitrogens with one attached hydrogen (secondary N) is 3. The fourth-order valence-electron chi connectivity index (χ4n) is 3.20. The number of amides is 2. The number of para-hydroxylation sites is 1. The van der Waals surface area contributed by atoms with Gasteiger partial charge < -0.3 is 15.4 Å². The number of aromatic nitrogens is 2. The van der Waals surface area contributed by atoms with Crippen LogP contribution in [0, 0.1) is 0 Å². The Balaban J connectivity index is 1.30. The molecule has 0 bridgehead atoms. The minimum Gasteiger partial charge on any atom is -0.457 e. The van der Waals surface area contributed by atoms with Gasteiger partial charge in [0.25, 0.3) is 0 Å². The van der Waals surface area contributed by atoms with Crippen molar-refractivity contribution in [1.29, 1.82) is 0 Å². The van der Waals surface area contributed by atoms with Crippen molar-refractivity contribution in [1.82, 2.24) is 15.5 Å². The minimum absolute atomic E-state index is 0.0761. The summed E-state index contributed by atoms with van der Waals surface area (Å²) in [7, 11) is 0. The van der Waals surface area contributed by atoms with Gasteiger partial charge in [-0.3, -0.25) is 14.7 Å². The van der Waals surface area contributed by atoms with Crippen molar-refractivity contribution in [3.05, 3.63) is 72.1 Å². The third kappa shape index (κ3) is 4.20. The van der Waals surface area contributed by atoms with E-state index in [4.69, 9.17) is 4.74 Å². The molecule has 0 unspecified atom stereocenters. The summed E-state index contributed by atoms with van der Waals surface area (Å²) < 4.78 is 5.71. The first kappa shape index (κ1) is 17.8. The number of aryl methyl sites for hydroxylation is 1. The molecule has 1 aliphatic carbocycles. The molecule has 142 valence electrons. The van der Waals surface area contributed by atoms with Crippen molar-refractivity contribution in [2.45, 2.75) is 25.3 Å². The van der Waals surface area contributed by atoms with Gasteiger partial charge in [0.1, 0.15) is 11.5 Å². The predicted molar refractivity (Wildman–Crippen MR) is 104 cm³/mol. The van der Waals surface area contributed by atoms with E-state index in [9.17, 15) is 9.59 Å². The quantitative estimate of drug-likeness (QED) is 0.610. The monoisotopic (exact) mass is 376 g/mol. The summed E-state index contributed by atoms with van der Waals surface area (Å²) in [6.45, 7) is 0. The highest BCUT2D eigenvalue weighted by Crippen LogP contribution is 2.23. The number of benzene rings is 2. The van der Waals surface area contributed by atoms with Crippen LogP contribution in [-0.2, 0) is 22.4 Å². The molecule has 1 aromatic heterocycles. The van der Waals surface area contributed by atoms with Crippen LogP contribution in [0.1, 0.15) is 17.7 Å². The van der Waals surface area contributed by atoms with E-state index < -0.39 is 11.8 Å². The number of hydrogen-bond donors (Lipinski definition) is 3. The van der Waals surface area contributed by atoms with Crippen LogP contribution in [0.15, 0.2) is 60.8 Å². The number of anilines is 1. The zero-order chi connectivity index (χ0) is 19.3. The lowest BCUT2D eigenvalue weighted by atomic mass is 9.94. The average Bonchev–Trinajstić information content (AvgIpc) is 3.18. The molecule has 1 heterocycles. The van der Waals surface area contributed by atoms with Crippen LogP contribution in [0.25, 0.3) is 0 Å². The molecule has 0 radical (unpaired) electrons. The Kier molecular flexibility index (Phi) is 5.05. The Hall–Kier alpha value is -3.61. The maximum Gasteiger partial charge on any atom is 0.313 e. The molecule has 0 spiro atoms. The van der Waals surface area contributed by atoms with Crippen LogP contribution in [0.3, 0.4) is 0 Å². The molecule has 0 fully saturated rings. The highest BCUT2D eigenvalue weighted by molar-refractivity contribution is 6.39. The maximum atomic E-state index is 12.2. The van der Waals surface area contributed by atoms with Gasteiger partial charge >= 0.3 is 11.8 Å². The number of nitrogens with zero attached hydrogens (tertiary/aromatic N) is 1. The van der Waals surface area contributed by atoms with Crippen molar-refractivity contribution >= 4 is 17.5 Å². The third-order valence-electron chi connectivity index (χ3n) is 4.65. The van der Waals surface area contributed by atoms with Crippen LogP contribution < -0.4 is 15.4 Å². The normalized spacial score (nSPS) is 15.4. The van der Waals surface area contributed by atoms with E-state index in [0.29, 0.717) is 17.9 Å². The molecule has 3 N–H and O–H groups in total. The van der Waals surface area contributed by atoms with Crippen LogP contribution >= 0.6 is 0 Å². The first-order valence-corrected chi connectivity index (χ1v) is 9.13. The fraction of sp³-hybridized carbons (Fsp3) is 0.190. The molecule has 28 heavy (non-hydrogen) atoms. The maximum absolute atomic E-state index is 12.2. The number of fused-ring (bicyclic) bond motifs is 1. The van der Waals surface area contributed by atoms with E-state index in [1.165, 1.54) is 5.56 Å². The van der Waals surface area contributed by atoms with Crippen molar-refractivity contribution in [3.8, 4) is 11.5 Å². The van der Waals surface area contributed by atoms with E-state index in [2.05, 4.69) is 20.8 Å². The summed E-state index contributed by atoms with van der Waals surface area (Å²) in [5.74, 6) is 0.0440. The van der Waals surface area contributed by atoms with Crippen molar-refractivity contribution in [2.24, 2.45) is 0 Å². The van der Waals surface area contributed by atoms with Gasteiger partial charge in [-0.15, -0.1) is 0 Å². The summed E-state index contributed by atoms with van der Waals surface area (Å²) >= 11 is 0. The second-order valence-corrected chi connectivity index (χ2v) is 6.68. The number of H-pyrrole nitrogens is 1. The van der Waals surface area contributed by atoms with E-state index >= 15 is 0 Å². The van der Waals surface area contributed by atoms with Crippen LogP contribution in [-0.4, -0.2) is 28.1 Å². The van der Waals surface area contributed by atoms with Gasteiger partial charge in [-0.1, -0.05) is 18.2 Å². The van der Waals surface area contributed by atoms with Gasteiger partial charge in [0.2, 0.25) is 0 Å². The molecule has 3 aromatic rings. The molecule has 2 aromatic carbocycles. The van der Waals surface area contributed by atoms with E-state index in [1.807, 2.05) is 36.5 Å². The highest BCUT2D eigenvalue weighted by Gasteiger charge is 2.24. The lowest BCUT2D eigenvalue weighted by Gasteiger charge is -2.22. The average molecular weight is 376 g/mol. The number of ether oxygens (including phenoxy) is 1. The van der Waals surface area contributed by atoms with Gasteiger partial charge in [0.15, 0.2) is 0 Å². The Morgan fingerprint density at radius 2 is 1.75 bits per heavy atom. The second kappa shape index (κ2) is 7.96. The molecule has 0 saturated carbocycles. The second-order valence-electron chi connectivity index (χ2n) is 6.68. The minimum atomic E-state index is -0.688. The lowest BCUT2D eigenvalue weighted by molar-refractivity contribution is -0.136. The first-order chi connectivity index (χ1) is 13.7. The van der Waals surface area contributed by atoms with Crippen LogP contribution in [0.5, 0.6) is 11.5 Å². The number of carbonyl (C=O) groups excluding carboxylic acids is 2. The fourth-order valence-corrected chi connectivity index (χ4v) is 3.20. The van der Waals surface area contributed by atoms with Crippen LogP contribution in [0.2, 0.25) is 0 Å². The topological polar surface area (TPSA) is 96.1 Å². The summed E-state index contributed by atoms with van der Waals surface area (Å²) in [5, 5.41) is 12.4. The van der Waals surface area contributed by atoms with Gasteiger partial charge in [-0.2, -0.15) is 5.10 Å². The molecule has 0 saturated heterocycles. The van der Waals surface area contributed by atoms with Gasteiger partial charge in [0, 0.05) is 23.8 Å². The molecule has 7 heteroatoms. The highest BCUT2D eigenvalue weighted by atomic mass is 16.5. The third-order valence-corrected chi connectivity index (χ3v) is 4.65. The van der Waals surface area contributed by atoms with Crippen LogP contribution in [0.4, 0.5) is 5.69 Å². The number of hydrogen-bond acceptors (Lipinski definition) is 4. The molecule has 1 aliphatic rings. The number of aromatic amines is 1. The van der Waals surface area contributed by atoms with E-state index in [-0.39, 0.29) is 6.04 Å². The largest absolute Gasteiger partial charge is 0.457 e. The molecule has 1 atom stereocenters. The molecular weight excluding hydrogens is 356 g/mol. The summed E-state index contributed by atoms with van der Waals surface area (Å²) in [6.07, 6.45) is 4.09. The summed E-state index contributed by atoms with van der Waals surface area (Å²) in [4.78, 5) is 24.4. The SMILES string of the molecule is O=C(Nc1ccc(Oc2ccccc2)cc1)C(=O)N[C@H]1CCc2cn[nH]c2C1. The molecular formula is C21H20N4O3. The van der Waals surface area contributed by atoms with Gasteiger partial charge in [-0.05, 0) is 54.8 Å². The van der Waals surface area contributed by atoms with Gasteiger partial charge in [-0.25, -0.2) is 0 Å².